The van der Waals surface area contributed by atoms with Crippen LogP contribution in [-0.2, 0) is 0 Å². The monoisotopic (exact) mass is 494 g/mol. The van der Waals surface area contributed by atoms with E-state index in [1.165, 1.54) is 48.2 Å². The van der Waals surface area contributed by atoms with Gasteiger partial charge in [-0.15, -0.1) is 0 Å². The zero-order valence-electron chi connectivity index (χ0n) is 21.4. The Morgan fingerprint density at radius 2 is 1.84 bits per heavy atom. The second-order valence-electron chi connectivity index (χ2n) is 9.79. The van der Waals surface area contributed by atoms with Crippen molar-refractivity contribution in [2.24, 2.45) is 5.10 Å². The van der Waals surface area contributed by atoms with Gasteiger partial charge in [0.15, 0.2) is 5.76 Å². The molecule has 5 aromatic rings. The van der Waals surface area contributed by atoms with E-state index in [0.29, 0.717) is 39.9 Å². The fraction of sp³-hybridized carbons (Fsp3) is 0.300. The Kier molecular flexibility index (Phi) is 5.91. The lowest BCUT2D eigenvalue weighted by molar-refractivity contribution is 0.346. The van der Waals surface area contributed by atoms with E-state index in [1.54, 1.807) is 19.4 Å². The first-order chi connectivity index (χ1) is 18.0. The van der Waals surface area contributed by atoms with Crippen molar-refractivity contribution in [1.82, 2.24) is 14.2 Å². The quantitative estimate of drug-likeness (QED) is 0.257. The first kappa shape index (κ1) is 23.3. The standard InChI is InChI=1S/C30H30N4O3/c1-19-16-21(20(2)33(19)22-10-5-4-6-11-22)18-31-34-29(32-25-13-8-7-12-23(25)30(34)35)28-17-24-26(36-3)14-9-15-27(24)37-28/h7-9,12-18,22H,4-6,10-11H2,1-3H3. The zero-order chi connectivity index (χ0) is 25.5. The molecule has 0 radical (unpaired) electrons. The summed E-state index contributed by atoms with van der Waals surface area (Å²) in [5.74, 6) is 1.49. The number of aryl methyl sites for hydroxylation is 1. The average molecular weight is 495 g/mol. The van der Waals surface area contributed by atoms with Crippen LogP contribution in [-0.4, -0.2) is 27.6 Å². The van der Waals surface area contributed by atoms with Crippen LogP contribution in [0.25, 0.3) is 33.5 Å². The van der Waals surface area contributed by atoms with Crippen LogP contribution in [0.2, 0.25) is 0 Å². The lowest BCUT2D eigenvalue weighted by Crippen LogP contribution is -2.20. The molecule has 7 nitrogen and oxygen atoms in total. The highest BCUT2D eigenvalue weighted by atomic mass is 16.5. The van der Waals surface area contributed by atoms with Gasteiger partial charge in [-0.05, 0) is 63.1 Å². The molecule has 3 heterocycles. The molecule has 2 aromatic carbocycles. The van der Waals surface area contributed by atoms with Gasteiger partial charge in [0, 0.05) is 23.0 Å². The van der Waals surface area contributed by atoms with Crippen LogP contribution in [0.3, 0.4) is 0 Å². The van der Waals surface area contributed by atoms with Gasteiger partial charge in [0.1, 0.15) is 11.3 Å². The maximum absolute atomic E-state index is 13.6. The number of benzene rings is 2. The Morgan fingerprint density at radius 3 is 2.65 bits per heavy atom. The van der Waals surface area contributed by atoms with Crippen LogP contribution in [0.4, 0.5) is 0 Å². The number of rotatable bonds is 5. The SMILES string of the molecule is COc1cccc2oc(-c3nc4ccccc4c(=O)n3N=Cc3cc(C)n(C4CCCCC4)c3C)cc12. The number of methoxy groups -OCH3 is 1. The minimum Gasteiger partial charge on any atom is -0.496 e. The van der Waals surface area contributed by atoms with Crippen molar-refractivity contribution in [3.05, 3.63) is 81.9 Å². The minimum atomic E-state index is -0.245. The first-order valence-corrected chi connectivity index (χ1v) is 12.9. The highest BCUT2D eigenvalue weighted by molar-refractivity contribution is 5.88. The van der Waals surface area contributed by atoms with Crippen LogP contribution in [0.5, 0.6) is 5.75 Å². The molecule has 7 heteroatoms. The van der Waals surface area contributed by atoms with Crippen molar-refractivity contribution in [2.75, 3.05) is 7.11 Å². The van der Waals surface area contributed by atoms with Gasteiger partial charge in [-0.3, -0.25) is 4.79 Å². The van der Waals surface area contributed by atoms with Crippen molar-refractivity contribution < 1.29 is 9.15 Å². The van der Waals surface area contributed by atoms with E-state index in [-0.39, 0.29) is 5.56 Å². The number of furan rings is 1. The molecule has 1 aliphatic rings. The van der Waals surface area contributed by atoms with E-state index in [4.69, 9.17) is 14.1 Å². The van der Waals surface area contributed by atoms with Crippen LogP contribution in [0, 0.1) is 13.8 Å². The lowest BCUT2D eigenvalue weighted by Gasteiger charge is -2.26. The van der Waals surface area contributed by atoms with Crippen LogP contribution >= 0.6 is 0 Å². The van der Waals surface area contributed by atoms with E-state index in [9.17, 15) is 4.79 Å². The number of nitrogens with zero attached hydrogens (tertiary/aromatic N) is 4. The van der Waals surface area contributed by atoms with Gasteiger partial charge in [0.05, 0.1) is 29.6 Å². The maximum atomic E-state index is 13.6. The molecule has 3 aromatic heterocycles. The van der Waals surface area contributed by atoms with Crippen molar-refractivity contribution in [3.8, 4) is 17.3 Å². The number of fused-ring (bicyclic) bond motifs is 2. The van der Waals surface area contributed by atoms with Crippen molar-refractivity contribution in [1.29, 1.82) is 0 Å². The number of ether oxygens (including phenoxy) is 1. The molecule has 0 bridgehead atoms. The van der Waals surface area contributed by atoms with Gasteiger partial charge in [-0.25, -0.2) is 4.98 Å². The summed E-state index contributed by atoms with van der Waals surface area (Å²) in [5.41, 5.74) is 4.40. The normalized spacial score (nSPS) is 14.8. The number of para-hydroxylation sites is 1. The summed E-state index contributed by atoms with van der Waals surface area (Å²) in [6, 6.07) is 17.5. The molecule has 0 saturated heterocycles. The summed E-state index contributed by atoms with van der Waals surface area (Å²) in [6.07, 6.45) is 8.05. The maximum Gasteiger partial charge on any atom is 0.282 e. The van der Waals surface area contributed by atoms with E-state index in [1.807, 2.05) is 42.5 Å². The molecular weight excluding hydrogens is 464 g/mol. The van der Waals surface area contributed by atoms with E-state index >= 15 is 0 Å². The zero-order valence-corrected chi connectivity index (χ0v) is 21.4. The van der Waals surface area contributed by atoms with Crippen LogP contribution in [0.15, 0.2) is 68.9 Å². The van der Waals surface area contributed by atoms with Gasteiger partial charge in [-0.1, -0.05) is 37.5 Å². The van der Waals surface area contributed by atoms with Gasteiger partial charge in [0.25, 0.3) is 5.56 Å². The Bertz CT molecular complexity index is 1700. The summed E-state index contributed by atoms with van der Waals surface area (Å²) >= 11 is 0. The van der Waals surface area contributed by atoms with Crippen LogP contribution in [0.1, 0.15) is 55.1 Å². The molecule has 0 spiro atoms. The minimum absolute atomic E-state index is 0.245. The van der Waals surface area contributed by atoms with E-state index < -0.39 is 0 Å². The molecule has 1 saturated carbocycles. The van der Waals surface area contributed by atoms with Crippen molar-refractivity contribution in [2.45, 2.75) is 52.0 Å². The third-order valence-electron chi connectivity index (χ3n) is 7.49. The molecule has 0 aliphatic heterocycles. The highest BCUT2D eigenvalue weighted by Crippen LogP contribution is 2.34. The molecule has 0 unspecified atom stereocenters. The van der Waals surface area contributed by atoms with E-state index in [2.05, 4.69) is 29.6 Å². The van der Waals surface area contributed by atoms with E-state index in [0.717, 1.165) is 10.9 Å². The molecule has 0 N–H and O–H groups in total. The van der Waals surface area contributed by atoms with Crippen molar-refractivity contribution in [3.63, 3.8) is 0 Å². The Morgan fingerprint density at radius 1 is 1.03 bits per heavy atom. The molecule has 0 amide bonds. The Hall–Kier alpha value is -4.13. The Labute approximate surface area is 215 Å². The molecule has 0 atom stereocenters. The first-order valence-electron chi connectivity index (χ1n) is 12.9. The second kappa shape index (κ2) is 9.39. The molecule has 188 valence electrons. The van der Waals surface area contributed by atoms with Gasteiger partial charge >= 0.3 is 0 Å². The molecular formula is C30H30N4O3. The predicted molar refractivity (Wildman–Crippen MR) is 147 cm³/mol. The predicted octanol–water partition coefficient (Wildman–Crippen LogP) is 6.62. The third-order valence-corrected chi connectivity index (χ3v) is 7.49. The highest BCUT2D eigenvalue weighted by Gasteiger charge is 2.21. The summed E-state index contributed by atoms with van der Waals surface area (Å²) in [5, 5.41) is 6.01. The Balaban J connectivity index is 1.49. The van der Waals surface area contributed by atoms with Crippen LogP contribution < -0.4 is 10.3 Å². The number of hydrogen-bond donors (Lipinski definition) is 0. The molecule has 1 fully saturated rings. The fourth-order valence-electron chi connectivity index (χ4n) is 5.67. The van der Waals surface area contributed by atoms with Gasteiger partial charge in [-0.2, -0.15) is 9.78 Å². The number of hydrogen-bond acceptors (Lipinski definition) is 5. The molecule has 6 rings (SSSR count). The summed E-state index contributed by atoms with van der Waals surface area (Å²) in [6.45, 7) is 4.28. The molecule has 1 aliphatic carbocycles. The van der Waals surface area contributed by atoms with Gasteiger partial charge in [0.2, 0.25) is 5.82 Å². The largest absolute Gasteiger partial charge is 0.496 e. The summed E-state index contributed by atoms with van der Waals surface area (Å²) < 4.78 is 15.4. The van der Waals surface area contributed by atoms with Gasteiger partial charge < -0.3 is 13.7 Å². The summed E-state index contributed by atoms with van der Waals surface area (Å²) in [7, 11) is 1.62. The van der Waals surface area contributed by atoms with Crippen molar-refractivity contribution >= 4 is 28.1 Å². The molecule has 37 heavy (non-hydrogen) atoms. The smallest absolute Gasteiger partial charge is 0.282 e. The lowest BCUT2D eigenvalue weighted by atomic mass is 9.95. The third kappa shape index (κ3) is 4.04. The second-order valence-corrected chi connectivity index (χ2v) is 9.79. The topological polar surface area (TPSA) is 74.6 Å². The fourth-order valence-corrected chi connectivity index (χ4v) is 5.67. The summed E-state index contributed by atoms with van der Waals surface area (Å²) in [4.78, 5) is 18.4. The number of aromatic nitrogens is 3. The average Bonchev–Trinajstić information content (AvgIpc) is 3.48.